The second kappa shape index (κ2) is 4.14. The number of esters is 1. The molecule has 0 saturated carbocycles. The van der Waals surface area contributed by atoms with Gasteiger partial charge in [0.15, 0.2) is 0 Å². The maximum absolute atomic E-state index is 10.3. The minimum Gasteiger partial charge on any atom is -0.466 e. The van der Waals surface area contributed by atoms with E-state index in [0.29, 0.717) is 0 Å². The standard InChI is InChI=1S/C3H8N2O5/c1-9-3(6)2(4)10-5(7)8/h2,7-8H,4H2,1H3. The number of hydrogen-bond acceptors (Lipinski definition) is 7. The van der Waals surface area contributed by atoms with E-state index in [-0.39, 0.29) is 0 Å². The first-order chi connectivity index (χ1) is 4.57. The normalized spacial score (nSPS) is 13.3. The van der Waals surface area contributed by atoms with E-state index in [1.54, 1.807) is 0 Å². The van der Waals surface area contributed by atoms with Gasteiger partial charge < -0.3 is 4.74 Å². The highest BCUT2D eigenvalue weighted by atomic mass is 17.1. The maximum atomic E-state index is 10.3. The molecular weight excluding hydrogens is 144 g/mol. The molecule has 0 amide bonds. The molecule has 0 aliphatic heterocycles. The summed E-state index contributed by atoms with van der Waals surface area (Å²) < 4.78 is 4.08. The number of rotatable bonds is 3. The molecule has 10 heavy (non-hydrogen) atoms. The zero-order valence-electron chi connectivity index (χ0n) is 5.22. The van der Waals surface area contributed by atoms with E-state index in [9.17, 15) is 4.79 Å². The molecule has 7 heteroatoms. The van der Waals surface area contributed by atoms with Crippen LogP contribution in [0.4, 0.5) is 0 Å². The molecule has 4 N–H and O–H groups in total. The second-order valence-electron chi connectivity index (χ2n) is 1.30. The van der Waals surface area contributed by atoms with Gasteiger partial charge in [0.05, 0.1) is 12.5 Å². The SMILES string of the molecule is COC(=O)C(N)ON(O)O. The lowest BCUT2D eigenvalue weighted by Crippen LogP contribution is -2.38. The van der Waals surface area contributed by atoms with Crippen LogP contribution < -0.4 is 5.73 Å². The quantitative estimate of drug-likeness (QED) is 0.255. The Bertz CT molecular complexity index is 115. The molecule has 0 aliphatic carbocycles. The molecule has 0 aromatic heterocycles. The van der Waals surface area contributed by atoms with Crippen LogP contribution in [0, 0.1) is 0 Å². The molecule has 0 bridgehead atoms. The van der Waals surface area contributed by atoms with Crippen molar-refractivity contribution >= 4 is 5.97 Å². The number of methoxy groups -OCH3 is 1. The smallest absolute Gasteiger partial charge is 0.352 e. The van der Waals surface area contributed by atoms with E-state index in [1.807, 2.05) is 0 Å². The zero-order chi connectivity index (χ0) is 8.15. The van der Waals surface area contributed by atoms with Crippen LogP contribution in [-0.2, 0) is 14.4 Å². The molecule has 0 radical (unpaired) electrons. The molecule has 0 rings (SSSR count). The van der Waals surface area contributed by atoms with Crippen molar-refractivity contribution in [2.24, 2.45) is 5.73 Å². The highest BCUT2D eigenvalue weighted by molar-refractivity contribution is 5.73. The summed E-state index contributed by atoms with van der Waals surface area (Å²) in [7, 11) is 1.09. The van der Waals surface area contributed by atoms with Crippen molar-refractivity contribution in [3.05, 3.63) is 0 Å². The van der Waals surface area contributed by atoms with Gasteiger partial charge in [-0.15, -0.1) is 0 Å². The fourth-order valence-electron chi connectivity index (χ4n) is 0.261. The largest absolute Gasteiger partial charge is 0.466 e. The van der Waals surface area contributed by atoms with Gasteiger partial charge in [-0.1, -0.05) is 0 Å². The van der Waals surface area contributed by atoms with Gasteiger partial charge >= 0.3 is 5.97 Å². The molecule has 0 fully saturated rings. The zero-order valence-corrected chi connectivity index (χ0v) is 5.22. The molecule has 0 aromatic carbocycles. The lowest BCUT2D eigenvalue weighted by molar-refractivity contribution is -0.500. The van der Waals surface area contributed by atoms with Crippen molar-refractivity contribution in [3.8, 4) is 0 Å². The number of hydrogen-bond donors (Lipinski definition) is 3. The third-order valence-corrected chi connectivity index (χ3v) is 0.641. The summed E-state index contributed by atoms with van der Waals surface area (Å²) in [6.07, 6.45) is -1.53. The molecule has 0 saturated heterocycles. The number of carbonyl (C=O) groups excluding carboxylic acids is 1. The first-order valence-electron chi connectivity index (χ1n) is 2.26. The topological polar surface area (TPSA) is 105 Å². The van der Waals surface area contributed by atoms with E-state index in [1.165, 1.54) is 0 Å². The van der Waals surface area contributed by atoms with Gasteiger partial charge in [-0.2, -0.15) is 0 Å². The molecule has 0 spiro atoms. The Labute approximate surface area is 56.4 Å². The Kier molecular flexibility index (Phi) is 3.84. The van der Waals surface area contributed by atoms with Crippen LogP contribution in [0.3, 0.4) is 0 Å². The van der Waals surface area contributed by atoms with Gasteiger partial charge in [-0.05, 0) is 0 Å². The van der Waals surface area contributed by atoms with Crippen LogP contribution in [0.25, 0.3) is 0 Å². The fraction of sp³-hybridized carbons (Fsp3) is 0.667. The highest BCUT2D eigenvalue weighted by Gasteiger charge is 2.16. The summed E-state index contributed by atoms with van der Waals surface area (Å²) in [6.45, 7) is 0. The summed E-state index contributed by atoms with van der Waals surface area (Å²) >= 11 is 0. The maximum Gasteiger partial charge on any atom is 0.352 e. The van der Waals surface area contributed by atoms with Crippen molar-refractivity contribution in [1.29, 1.82) is 0 Å². The van der Waals surface area contributed by atoms with Gasteiger partial charge in [-0.3, -0.25) is 16.1 Å². The number of carbonyl (C=O) groups is 1. The van der Waals surface area contributed by atoms with Gasteiger partial charge in [0, 0.05) is 0 Å². The van der Waals surface area contributed by atoms with Crippen LogP contribution >= 0.6 is 0 Å². The first-order valence-corrected chi connectivity index (χ1v) is 2.26. The van der Waals surface area contributed by atoms with E-state index in [4.69, 9.17) is 16.1 Å². The fourth-order valence-corrected chi connectivity index (χ4v) is 0.261. The van der Waals surface area contributed by atoms with Crippen molar-refractivity contribution in [1.82, 2.24) is 5.39 Å². The molecule has 0 heterocycles. The van der Waals surface area contributed by atoms with E-state index in [2.05, 4.69) is 9.57 Å². The molecule has 0 aromatic rings. The number of nitrogens with two attached hydrogens (primary N) is 1. The summed E-state index contributed by atoms with van der Waals surface area (Å²) in [6, 6.07) is 0. The predicted octanol–water partition coefficient (Wildman–Crippen LogP) is -1.54. The van der Waals surface area contributed by atoms with E-state index in [0.717, 1.165) is 7.11 Å². The van der Waals surface area contributed by atoms with Crippen LogP contribution in [0.5, 0.6) is 0 Å². The number of nitrogens with zero attached hydrogens (tertiary/aromatic N) is 1. The van der Waals surface area contributed by atoms with Crippen molar-refractivity contribution < 1.29 is 24.8 Å². The van der Waals surface area contributed by atoms with Gasteiger partial charge in [0.2, 0.25) is 6.23 Å². The summed E-state index contributed by atoms with van der Waals surface area (Å²) in [4.78, 5) is 14.2. The monoisotopic (exact) mass is 152 g/mol. The van der Waals surface area contributed by atoms with Crippen molar-refractivity contribution in [2.45, 2.75) is 6.23 Å². The summed E-state index contributed by atoms with van der Waals surface area (Å²) in [5.74, 6) is -0.909. The Morgan fingerprint density at radius 2 is 2.20 bits per heavy atom. The summed E-state index contributed by atoms with van der Waals surface area (Å²) in [5, 5.41) is 15.2. The number of ether oxygens (including phenoxy) is 1. The molecule has 1 unspecified atom stereocenters. The van der Waals surface area contributed by atoms with Crippen molar-refractivity contribution in [3.63, 3.8) is 0 Å². The second-order valence-corrected chi connectivity index (χ2v) is 1.30. The lowest BCUT2D eigenvalue weighted by Gasteiger charge is -2.10. The molecule has 1 atom stereocenters. The third-order valence-electron chi connectivity index (χ3n) is 0.641. The lowest BCUT2D eigenvalue weighted by atomic mass is 10.6. The van der Waals surface area contributed by atoms with Crippen LogP contribution in [0.2, 0.25) is 0 Å². The van der Waals surface area contributed by atoms with Gasteiger partial charge in [-0.25, -0.2) is 9.63 Å². The van der Waals surface area contributed by atoms with Gasteiger partial charge in [0.1, 0.15) is 0 Å². The minimum absolute atomic E-state index is 0.665. The average Bonchev–Trinajstić information content (AvgIpc) is 1.85. The molecule has 60 valence electrons. The average molecular weight is 152 g/mol. The Morgan fingerprint density at radius 1 is 1.70 bits per heavy atom. The highest BCUT2D eigenvalue weighted by Crippen LogP contribution is 1.87. The van der Waals surface area contributed by atoms with Gasteiger partial charge in [0.25, 0.3) is 0 Å². The van der Waals surface area contributed by atoms with E-state index >= 15 is 0 Å². The molecule has 7 nitrogen and oxygen atoms in total. The Hall–Kier alpha value is -0.730. The molecular formula is C3H8N2O5. The first kappa shape index (κ1) is 9.27. The Balaban J connectivity index is 3.61. The minimum atomic E-state index is -1.53. The van der Waals surface area contributed by atoms with Crippen LogP contribution in [0.15, 0.2) is 0 Å². The van der Waals surface area contributed by atoms with Crippen molar-refractivity contribution in [2.75, 3.05) is 7.11 Å². The van der Waals surface area contributed by atoms with E-state index < -0.39 is 17.6 Å². The van der Waals surface area contributed by atoms with Crippen LogP contribution in [0.1, 0.15) is 0 Å². The summed E-state index contributed by atoms with van der Waals surface area (Å²) in [5.41, 5.74) is 4.87. The van der Waals surface area contributed by atoms with Crippen LogP contribution in [-0.4, -0.2) is 35.1 Å². The third kappa shape index (κ3) is 3.33. The Morgan fingerprint density at radius 3 is 2.50 bits per heavy atom. The molecule has 0 aliphatic rings. The predicted molar refractivity (Wildman–Crippen MR) is 26.5 cm³/mol.